The highest BCUT2D eigenvalue weighted by molar-refractivity contribution is 5.99. The molecule has 0 radical (unpaired) electrons. The Labute approximate surface area is 170 Å². The lowest BCUT2D eigenvalue weighted by Gasteiger charge is -2.17. The minimum absolute atomic E-state index is 0.0609. The lowest BCUT2D eigenvalue weighted by Crippen LogP contribution is -2.29. The van der Waals surface area contributed by atoms with Gasteiger partial charge >= 0.3 is 0 Å². The summed E-state index contributed by atoms with van der Waals surface area (Å²) in [5.74, 6) is -0.172. The molecule has 3 aromatic carbocycles. The Bertz CT molecular complexity index is 1070. The highest BCUT2D eigenvalue weighted by Gasteiger charge is 2.21. The van der Waals surface area contributed by atoms with Gasteiger partial charge in [0.25, 0.3) is 5.91 Å². The first-order valence-electron chi connectivity index (χ1n) is 9.82. The molecule has 0 spiro atoms. The minimum atomic E-state index is -0.172. The normalized spacial score (nSPS) is 11.8. The van der Waals surface area contributed by atoms with Crippen LogP contribution in [0.25, 0.3) is 16.8 Å². The van der Waals surface area contributed by atoms with Gasteiger partial charge in [0.15, 0.2) is 5.69 Å². The maximum absolute atomic E-state index is 13.2. The number of amides is 1. The number of para-hydroxylation sites is 1. The highest BCUT2D eigenvalue weighted by atomic mass is 16.2. The molecule has 4 aromatic rings. The van der Waals surface area contributed by atoms with Gasteiger partial charge in [-0.1, -0.05) is 85.8 Å². The summed E-state index contributed by atoms with van der Waals surface area (Å²) in [6, 6.07) is 29.7. The number of carbonyl (C=O) groups excluding carboxylic acids is 1. The minimum Gasteiger partial charge on any atom is -0.344 e. The molecule has 1 unspecified atom stereocenters. The SMILES string of the molecule is CCC(NC(=O)c1nn(-c2ccccc2)cc1-c1ccccc1)c1ccccc1. The number of hydrogen-bond acceptors (Lipinski definition) is 2. The van der Waals surface area contributed by atoms with Gasteiger partial charge in [0.2, 0.25) is 0 Å². The molecule has 0 aliphatic carbocycles. The summed E-state index contributed by atoms with van der Waals surface area (Å²) < 4.78 is 1.76. The smallest absolute Gasteiger partial charge is 0.272 e. The van der Waals surface area contributed by atoms with Crippen LogP contribution in [0.2, 0.25) is 0 Å². The van der Waals surface area contributed by atoms with Crippen LogP contribution < -0.4 is 5.32 Å². The monoisotopic (exact) mass is 381 g/mol. The van der Waals surface area contributed by atoms with Crippen molar-refractivity contribution < 1.29 is 4.79 Å². The lowest BCUT2D eigenvalue weighted by atomic mass is 10.0. The number of benzene rings is 3. The van der Waals surface area contributed by atoms with Crippen LogP contribution >= 0.6 is 0 Å². The average Bonchev–Trinajstić information content (AvgIpc) is 3.25. The second kappa shape index (κ2) is 8.57. The first-order chi connectivity index (χ1) is 14.3. The maximum Gasteiger partial charge on any atom is 0.272 e. The van der Waals surface area contributed by atoms with Crippen LogP contribution in [0.4, 0.5) is 0 Å². The molecule has 1 amide bonds. The number of rotatable bonds is 6. The summed E-state index contributed by atoms with van der Waals surface area (Å²) in [6.45, 7) is 2.07. The molecule has 1 N–H and O–H groups in total. The van der Waals surface area contributed by atoms with Crippen LogP contribution in [0, 0.1) is 0 Å². The lowest BCUT2D eigenvalue weighted by molar-refractivity contribution is 0.0930. The Morgan fingerprint density at radius 3 is 2.10 bits per heavy atom. The second-order valence-electron chi connectivity index (χ2n) is 6.88. The third-order valence-corrected chi connectivity index (χ3v) is 4.95. The van der Waals surface area contributed by atoms with E-state index in [0.717, 1.165) is 28.8 Å². The molecule has 0 aliphatic heterocycles. The Hall–Kier alpha value is -3.66. The summed E-state index contributed by atoms with van der Waals surface area (Å²) >= 11 is 0. The fourth-order valence-electron chi connectivity index (χ4n) is 3.42. The van der Waals surface area contributed by atoms with E-state index in [-0.39, 0.29) is 11.9 Å². The third-order valence-electron chi connectivity index (χ3n) is 4.95. The Morgan fingerprint density at radius 1 is 0.897 bits per heavy atom. The van der Waals surface area contributed by atoms with E-state index in [1.807, 2.05) is 97.2 Å². The van der Waals surface area contributed by atoms with Gasteiger partial charge in [-0.15, -0.1) is 0 Å². The molecule has 0 bridgehead atoms. The van der Waals surface area contributed by atoms with Crippen molar-refractivity contribution in [3.05, 3.63) is 108 Å². The Morgan fingerprint density at radius 2 is 1.48 bits per heavy atom. The molecular formula is C25H23N3O. The highest BCUT2D eigenvalue weighted by Crippen LogP contribution is 2.25. The predicted molar refractivity (Wildman–Crippen MR) is 116 cm³/mol. The maximum atomic E-state index is 13.2. The topological polar surface area (TPSA) is 46.9 Å². The molecule has 144 valence electrons. The molecule has 29 heavy (non-hydrogen) atoms. The first kappa shape index (κ1) is 18.7. The summed E-state index contributed by atoms with van der Waals surface area (Å²) in [5, 5.41) is 7.80. The number of aromatic nitrogens is 2. The van der Waals surface area contributed by atoms with Gasteiger partial charge < -0.3 is 5.32 Å². The first-order valence-corrected chi connectivity index (χ1v) is 9.82. The van der Waals surface area contributed by atoms with Crippen molar-refractivity contribution in [2.45, 2.75) is 19.4 Å². The van der Waals surface area contributed by atoms with Crippen molar-refractivity contribution in [1.82, 2.24) is 15.1 Å². The fraction of sp³-hybridized carbons (Fsp3) is 0.120. The van der Waals surface area contributed by atoms with Crippen LogP contribution in [0.1, 0.15) is 35.4 Å². The van der Waals surface area contributed by atoms with Gasteiger partial charge in [0.1, 0.15) is 0 Å². The largest absolute Gasteiger partial charge is 0.344 e. The van der Waals surface area contributed by atoms with Gasteiger partial charge in [-0.2, -0.15) is 5.10 Å². The van der Waals surface area contributed by atoms with E-state index in [4.69, 9.17) is 0 Å². The van der Waals surface area contributed by atoms with Crippen molar-refractivity contribution in [2.75, 3.05) is 0 Å². The van der Waals surface area contributed by atoms with E-state index >= 15 is 0 Å². The van der Waals surface area contributed by atoms with Gasteiger partial charge in [0, 0.05) is 11.8 Å². The van der Waals surface area contributed by atoms with Crippen molar-refractivity contribution >= 4 is 5.91 Å². The molecule has 0 fully saturated rings. The van der Waals surface area contributed by atoms with E-state index in [1.54, 1.807) is 4.68 Å². The summed E-state index contributed by atoms with van der Waals surface area (Å²) in [6.07, 6.45) is 2.72. The molecule has 1 heterocycles. The number of carbonyl (C=O) groups is 1. The molecule has 4 nitrogen and oxygen atoms in total. The standard InChI is InChI=1S/C25H23N3O/c1-2-23(20-14-8-4-9-15-20)26-25(29)24-22(19-12-6-3-7-13-19)18-28(27-24)21-16-10-5-11-17-21/h3-18,23H,2H2,1H3,(H,26,29). The van der Waals surface area contributed by atoms with Crippen LogP contribution in [-0.4, -0.2) is 15.7 Å². The van der Waals surface area contributed by atoms with Crippen molar-refractivity contribution in [1.29, 1.82) is 0 Å². The number of nitrogens with one attached hydrogen (secondary N) is 1. The van der Waals surface area contributed by atoms with Gasteiger partial charge in [-0.05, 0) is 29.7 Å². The van der Waals surface area contributed by atoms with Gasteiger partial charge in [-0.3, -0.25) is 4.79 Å². The molecule has 0 saturated carbocycles. The Balaban J connectivity index is 1.71. The van der Waals surface area contributed by atoms with Crippen LogP contribution in [-0.2, 0) is 0 Å². The van der Waals surface area contributed by atoms with Crippen molar-refractivity contribution in [3.63, 3.8) is 0 Å². The third kappa shape index (κ3) is 4.11. The van der Waals surface area contributed by atoms with E-state index in [0.29, 0.717) is 5.69 Å². The van der Waals surface area contributed by atoms with E-state index < -0.39 is 0 Å². The Kier molecular flexibility index (Phi) is 5.52. The zero-order valence-corrected chi connectivity index (χ0v) is 16.3. The van der Waals surface area contributed by atoms with E-state index in [2.05, 4.69) is 17.3 Å². The molecule has 0 aliphatic rings. The van der Waals surface area contributed by atoms with Crippen LogP contribution in [0.5, 0.6) is 0 Å². The molecule has 0 saturated heterocycles. The summed E-state index contributed by atoms with van der Waals surface area (Å²) in [5.41, 5.74) is 4.21. The predicted octanol–water partition coefficient (Wildman–Crippen LogP) is 5.42. The van der Waals surface area contributed by atoms with E-state index in [9.17, 15) is 4.79 Å². The second-order valence-corrected chi connectivity index (χ2v) is 6.88. The van der Waals surface area contributed by atoms with Crippen molar-refractivity contribution in [2.24, 2.45) is 0 Å². The number of nitrogens with zero attached hydrogens (tertiary/aromatic N) is 2. The summed E-state index contributed by atoms with van der Waals surface area (Å²) in [4.78, 5) is 13.2. The fourth-order valence-corrected chi connectivity index (χ4v) is 3.42. The molecule has 1 aromatic heterocycles. The van der Waals surface area contributed by atoms with Crippen LogP contribution in [0.15, 0.2) is 97.2 Å². The average molecular weight is 381 g/mol. The van der Waals surface area contributed by atoms with E-state index in [1.165, 1.54) is 0 Å². The molecule has 4 rings (SSSR count). The number of hydrogen-bond donors (Lipinski definition) is 1. The quantitative estimate of drug-likeness (QED) is 0.485. The van der Waals surface area contributed by atoms with Gasteiger partial charge in [-0.25, -0.2) is 4.68 Å². The molecular weight excluding hydrogens is 358 g/mol. The molecule has 4 heteroatoms. The van der Waals surface area contributed by atoms with Gasteiger partial charge in [0.05, 0.1) is 11.7 Å². The zero-order valence-electron chi connectivity index (χ0n) is 16.3. The van der Waals surface area contributed by atoms with Crippen LogP contribution in [0.3, 0.4) is 0 Å². The summed E-state index contributed by atoms with van der Waals surface area (Å²) in [7, 11) is 0. The van der Waals surface area contributed by atoms with Crippen molar-refractivity contribution in [3.8, 4) is 16.8 Å². The zero-order chi connectivity index (χ0) is 20.1. The molecule has 1 atom stereocenters.